The van der Waals surface area contributed by atoms with Gasteiger partial charge in [0.15, 0.2) is 19.8 Å². The number of fused-ring (bicyclic) bond motifs is 1. The van der Waals surface area contributed by atoms with E-state index >= 15 is 0 Å². The Labute approximate surface area is 197 Å². The van der Waals surface area contributed by atoms with Gasteiger partial charge in [-0.2, -0.15) is 9.97 Å². The highest BCUT2D eigenvalue weighted by Gasteiger charge is 2.39. The zero-order chi connectivity index (χ0) is 23.6. The molecule has 1 atom stereocenters. The minimum absolute atomic E-state index is 0.240. The zero-order valence-corrected chi connectivity index (χ0v) is 21.7. The van der Waals surface area contributed by atoms with Crippen molar-refractivity contribution in [2.24, 2.45) is 0 Å². The summed E-state index contributed by atoms with van der Waals surface area (Å²) in [5.41, 5.74) is 3.67. The fraction of sp³-hybridized carbons (Fsp3) is 0.542. The molecule has 1 fully saturated rings. The predicted octanol–water partition coefficient (Wildman–Crippen LogP) is 5.12. The maximum atomic E-state index is 6.72. The van der Waals surface area contributed by atoms with E-state index in [0.29, 0.717) is 17.7 Å². The van der Waals surface area contributed by atoms with Crippen LogP contribution in [0.3, 0.4) is 0 Å². The van der Waals surface area contributed by atoms with Crippen molar-refractivity contribution in [3.05, 3.63) is 36.2 Å². The molecule has 1 saturated heterocycles. The summed E-state index contributed by atoms with van der Waals surface area (Å²) in [6, 6.07) is 8.48. The quantitative estimate of drug-likeness (QED) is 0.415. The van der Waals surface area contributed by atoms with Crippen molar-refractivity contribution in [2.75, 3.05) is 30.8 Å². The third-order valence-corrected chi connectivity index (χ3v) is 11.4. The number of benzene rings is 1. The van der Waals surface area contributed by atoms with Gasteiger partial charge in [0.25, 0.3) is 0 Å². The second kappa shape index (κ2) is 9.40. The van der Waals surface area contributed by atoms with Crippen LogP contribution in [0.1, 0.15) is 39.2 Å². The first-order chi connectivity index (χ1) is 15.6. The van der Waals surface area contributed by atoms with E-state index in [1.165, 1.54) is 12.0 Å². The van der Waals surface area contributed by atoms with Crippen molar-refractivity contribution in [1.82, 2.24) is 24.8 Å². The van der Waals surface area contributed by atoms with Gasteiger partial charge >= 0.3 is 0 Å². The van der Waals surface area contributed by atoms with E-state index in [2.05, 4.69) is 87.5 Å². The number of hydrogen-bond acceptors (Lipinski definition) is 7. The van der Waals surface area contributed by atoms with Gasteiger partial charge in [-0.15, -0.1) is 0 Å². The molecule has 8 nitrogen and oxygen atoms in total. The molecule has 1 aromatic carbocycles. The van der Waals surface area contributed by atoms with E-state index in [9.17, 15) is 0 Å². The zero-order valence-electron chi connectivity index (χ0n) is 20.7. The summed E-state index contributed by atoms with van der Waals surface area (Å²) in [4.78, 5) is 18.9. The lowest BCUT2D eigenvalue weighted by Gasteiger charge is -2.42. The van der Waals surface area contributed by atoms with Gasteiger partial charge in [0.1, 0.15) is 5.52 Å². The SMILES string of the molecule is CNc1nc(Nc2cccc(CN3CCCC(O[Si](C)(C)C(C)(C)C)C3)c2)nc2nc[nH]c12. The first kappa shape index (κ1) is 23.7. The standard InChI is InChI=1S/C24H37N7OSi/c1-24(2,3)33(5,6)32-19-11-8-12-31(15-19)14-17-9-7-10-18(13-17)28-23-29-21(25-4)20-22(30-23)27-16-26-20/h7,9-10,13,16,19H,8,11-12,14-15H2,1-6H3,(H3,25,26,27,28,29,30). The fourth-order valence-corrected chi connectivity index (χ4v) is 5.43. The van der Waals surface area contributed by atoms with Crippen molar-refractivity contribution in [2.45, 2.75) is 64.4 Å². The number of H-pyrrole nitrogens is 1. The molecule has 3 N–H and O–H groups in total. The summed E-state index contributed by atoms with van der Waals surface area (Å²) in [6.07, 6.45) is 4.30. The lowest BCUT2D eigenvalue weighted by molar-refractivity contribution is 0.0741. The van der Waals surface area contributed by atoms with Crippen LogP contribution in [0.15, 0.2) is 30.6 Å². The molecule has 0 bridgehead atoms. The van der Waals surface area contributed by atoms with Crippen LogP contribution in [0.25, 0.3) is 11.2 Å². The number of aromatic nitrogens is 4. The monoisotopic (exact) mass is 467 g/mol. The third-order valence-electron chi connectivity index (χ3n) is 6.84. The van der Waals surface area contributed by atoms with Crippen LogP contribution >= 0.6 is 0 Å². The highest BCUT2D eigenvalue weighted by atomic mass is 28.4. The summed E-state index contributed by atoms with van der Waals surface area (Å²) < 4.78 is 6.72. The molecule has 0 radical (unpaired) electrons. The van der Waals surface area contributed by atoms with Crippen LogP contribution in [-0.2, 0) is 11.0 Å². The summed E-state index contributed by atoms with van der Waals surface area (Å²) in [5.74, 6) is 1.24. The second-order valence-corrected chi connectivity index (χ2v) is 15.2. The number of imidazole rings is 1. The summed E-state index contributed by atoms with van der Waals surface area (Å²) >= 11 is 0. The Bertz CT molecular complexity index is 1090. The molecular weight excluding hydrogens is 430 g/mol. The van der Waals surface area contributed by atoms with Gasteiger partial charge in [0, 0.05) is 25.8 Å². The lowest BCUT2D eigenvalue weighted by Crippen LogP contribution is -2.48. The first-order valence-electron chi connectivity index (χ1n) is 11.8. The molecular formula is C24H37N7OSi. The van der Waals surface area contributed by atoms with Crippen LogP contribution in [0.4, 0.5) is 17.5 Å². The summed E-state index contributed by atoms with van der Waals surface area (Å²) in [6.45, 7) is 14.6. The molecule has 3 heterocycles. The highest BCUT2D eigenvalue weighted by molar-refractivity contribution is 6.74. The Kier molecular flexibility index (Phi) is 6.74. The Morgan fingerprint density at radius 1 is 1.24 bits per heavy atom. The first-order valence-corrected chi connectivity index (χ1v) is 14.7. The van der Waals surface area contributed by atoms with E-state index in [1.807, 2.05) is 13.1 Å². The van der Waals surface area contributed by atoms with Crippen LogP contribution in [0, 0.1) is 0 Å². The molecule has 3 aromatic rings. The molecule has 1 aliphatic rings. The highest BCUT2D eigenvalue weighted by Crippen LogP contribution is 2.38. The van der Waals surface area contributed by atoms with Crippen LogP contribution in [0.5, 0.6) is 0 Å². The number of likely N-dealkylation sites (tertiary alicyclic amines) is 1. The maximum Gasteiger partial charge on any atom is 0.231 e. The average molecular weight is 468 g/mol. The Morgan fingerprint density at radius 3 is 2.82 bits per heavy atom. The molecule has 0 saturated carbocycles. The van der Waals surface area contributed by atoms with E-state index in [1.54, 1.807) is 6.33 Å². The number of hydrogen-bond donors (Lipinski definition) is 3. The number of aromatic amines is 1. The summed E-state index contributed by atoms with van der Waals surface area (Å²) in [5, 5.41) is 6.68. The Morgan fingerprint density at radius 2 is 2.06 bits per heavy atom. The molecule has 0 amide bonds. The molecule has 33 heavy (non-hydrogen) atoms. The van der Waals surface area contributed by atoms with Crippen molar-refractivity contribution < 1.29 is 4.43 Å². The molecule has 178 valence electrons. The van der Waals surface area contributed by atoms with Crippen LogP contribution < -0.4 is 10.6 Å². The van der Waals surface area contributed by atoms with Crippen molar-refractivity contribution in [3.63, 3.8) is 0 Å². The van der Waals surface area contributed by atoms with Gasteiger partial charge in [-0.05, 0) is 55.2 Å². The topological polar surface area (TPSA) is 91.0 Å². The van der Waals surface area contributed by atoms with E-state index in [0.717, 1.165) is 43.1 Å². The van der Waals surface area contributed by atoms with Gasteiger partial charge in [-0.25, -0.2) is 4.98 Å². The predicted molar refractivity (Wildman–Crippen MR) is 138 cm³/mol. The van der Waals surface area contributed by atoms with Gasteiger partial charge in [-0.1, -0.05) is 32.9 Å². The summed E-state index contributed by atoms with van der Waals surface area (Å²) in [7, 11) is 0.0893. The number of anilines is 3. The van der Waals surface area contributed by atoms with Gasteiger partial charge in [0.05, 0.1) is 12.4 Å². The molecule has 1 aliphatic heterocycles. The van der Waals surface area contributed by atoms with Gasteiger partial charge in [-0.3, -0.25) is 4.90 Å². The van der Waals surface area contributed by atoms with E-state index in [-0.39, 0.29) is 5.04 Å². The van der Waals surface area contributed by atoms with Crippen molar-refractivity contribution in [1.29, 1.82) is 0 Å². The number of nitrogens with one attached hydrogen (secondary N) is 3. The Hall–Kier alpha value is -2.49. The van der Waals surface area contributed by atoms with Crippen molar-refractivity contribution in [3.8, 4) is 0 Å². The molecule has 0 spiro atoms. The van der Waals surface area contributed by atoms with Gasteiger partial charge < -0.3 is 20.0 Å². The number of piperidine rings is 1. The third kappa shape index (κ3) is 5.54. The molecule has 9 heteroatoms. The molecule has 0 aliphatic carbocycles. The van der Waals surface area contributed by atoms with E-state index < -0.39 is 8.32 Å². The normalized spacial score (nSPS) is 17.9. The molecule has 1 unspecified atom stereocenters. The fourth-order valence-electron chi connectivity index (χ4n) is 4.05. The Balaban J connectivity index is 1.42. The van der Waals surface area contributed by atoms with E-state index in [4.69, 9.17) is 4.43 Å². The average Bonchev–Trinajstić information content (AvgIpc) is 3.21. The lowest BCUT2D eigenvalue weighted by atomic mass is 10.1. The number of rotatable bonds is 7. The largest absolute Gasteiger partial charge is 0.413 e. The molecule has 4 rings (SSSR count). The van der Waals surface area contributed by atoms with Gasteiger partial charge in [0.2, 0.25) is 5.95 Å². The van der Waals surface area contributed by atoms with Crippen LogP contribution in [-0.4, -0.2) is 59.4 Å². The maximum absolute atomic E-state index is 6.72. The van der Waals surface area contributed by atoms with Crippen LogP contribution in [0.2, 0.25) is 18.1 Å². The smallest absolute Gasteiger partial charge is 0.231 e. The van der Waals surface area contributed by atoms with Crippen molar-refractivity contribution >= 4 is 36.9 Å². The minimum Gasteiger partial charge on any atom is -0.413 e. The second-order valence-electron chi connectivity index (χ2n) is 10.4. The molecule has 2 aromatic heterocycles. The number of nitrogens with zero attached hydrogens (tertiary/aromatic N) is 4. The minimum atomic E-state index is -1.75.